The van der Waals surface area contributed by atoms with E-state index in [-0.39, 0.29) is 12.4 Å². The zero-order valence-corrected chi connectivity index (χ0v) is 12.2. The van der Waals surface area contributed by atoms with E-state index in [9.17, 15) is 9.50 Å². The van der Waals surface area contributed by atoms with Crippen LogP contribution in [0.2, 0.25) is 0 Å². The molecule has 1 unspecified atom stereocenters. The Morgan fingerprint density at radius 1 is 1.29 bits per heavy atom. The number of para-hydroxylation sites is 1. The molecule has 0 aliphatic heterocycles. The Bertz CT molecular complexity index is 737. The van der Waals surface area contributed by atoms with Crippen LogP contribution in [0.4, 0.5) is 4.39 Å². The van der Waals surface area contributed by atoms with E-state index in [4.69, 9.17) is 4.74 Å². The molecule has 0 aliphatic carbocycles. The van der Waals surface area contributed by atoms with Crippen LogP contribution in [0, 0.1) is 5.82 Å². The van der Waals surface area contributed by atoms with E-state index in [1.54, 1.807) is 13.0 Å². The number of hydrogen-bond acceptors (Lipinski definition) is 4. The molecule has 0 saturated heterocycles. The second-order valence-electron chi connectivity index (χ2n) is 4.73. The predicted octanol–water partition coefficient (Wildman–Crippen LogP) is 4.07. The van der Waals surface area contributed by atoms with Gasteiger partial charge in [-0.2, -0.15) is 0 Å². The van der Waals surface area contributed by atoms with Crippen molar-refractivity contribution in [2.24, 2.45) is 0 Å². The zero-order chi connectivity index (χ0) is 14.8. The number of benzene rings is 2. The van der Waals surface area contributed by atoms with Crippen molar-refractivity contribution >= 4 is 21.6 Å². The van der Waals surface area contributed by atoms with Crippen LogP contribution in [0.15, 0.2) is 42.5 Å². The van der Waals surface area contributed by atoms with Gasteiger partial charge in [-0.15, -0.1) is 11.3 Å². The number of ether oxygens (including phenoxy) is 1. The van der Waals surface area contributed by atoms with Crippen LogP contribution in [-0.4, -0.2) is 10.1 Å². The highest BCUT2D eigenvalue weighted by atomic mass is 32.1. The number of hydrogen-bond donors (Lipinski definition) is 1. The van der Waals surface area contributed by atoms with E-state index < -0.39 is 11.9 Å². The SMILES string of the molecule is CC(O)c1ccc(OCc2nc3ccccc3s2)c(F)c1. The second kappa shape index (κ2) is 5.79. The molecule has 108 valence electrons. The van der Waals surface area contributed by atoms with Gasteiger partial charge in [-0.3, -0.25) is 0 Å². The van der Waals surface area contributed by atoms with Crippen LogP contribution in [0.1, 0.15) is 23.6 Å². The smallest absolute Gasteiger partial charge is 0.165 e. The minimum atomic E-state index is -0.696. The van der Waals surface area contributed by atoms with Crippen molar-refractivity contribution in [1.29, 1.82) is 0 Å². The minimum absolute atomic E-state index is 0.165. The topological polar surface area (TPSA) is 42.4 Å². The molecule has 1 aromatic heterocycles. The fourth-order valence-corrected chi connectivity index (χ4v) is 2.90. The molecule has 1 atom stereocenters. The summed E-state index contributed by atoms with van der Waals surface area (Å²) in [5, 5.41) is 10.2. The number of fused-ring (bicyclic) bond motifs is 1. The summed E-state index contributed by atoms with van der Waals surface area (Å²) in [6.07, 6.45) is -0.696. The first-order valence-electron chi connectivity index (χ1n) is 6.58. The number of nitrogens with zero attached hydrogens (tertiary/aromatic N) is 1. The lowest BCUT2D eigenvalue weighted by Gasteiger charge is -2.08. The molecule has 0 fully saturated rings. The normalized spacial score (nSPS) is 12.5. The summed E-state index contributed by atoms with van der Waals surface area (Å²) in [7, 11) is 0. The van der Waals surface area contributed by atoms with E-state index in [0.29, 0.717) is 5.56 Å². The van der Waals surface area contributed by atoms with Gasteiger partial charge in [-0.1, -0.05) is 18.2 Å². The molecule has 0 spiro atoms. The molecule has 0 radical (unpaired) electrons. The van der Waals surface area contributed by atoms with Crippen LogP contribution in [0.3, 0.4) is 0 Å². The number of rotatable bonds is 4. The molecule has 2 aromatic carbocycles. The van der Waals surface area contributed by atoms with Gasteiger partial charge in [0.1, 0.15) is 11.6 Å². The largest absolute Gasteiger partial charge is 0.483 e. The van der Waals surface area contributed by atoms with Crippen molar-refractivity contribution in [1.82, 2.24) is 4.98 Å². The molecule has 21 heavy (non-hydrogen) atoms. The third-order valence-electron chi connectivity index (χ3n) is 3.13. The van der Waals surface area contributed by atoms with Crippen LogP contribution >= 0.6 is 11.3 Å². The quantitative estimate of drug-likeness (QED) is 0.790. The molecule has 0 bridgehead atoms. The minimum Gasteiger partial charge on any atom is -0.483 e. The third-order valence-corrected chi connectivity index (χ3v) is 4.14. The van der Waals surface area contributed by atoms with Gasteiger partial charge in [0.15, 0.2) is 11.6 Å². The maximum Gasteiger partial charge on any atom is 0.165 e. The monoisotopic (exact) mass is 303 g/mol. The van der Waals surface area contributed by atoms with Crippen LogP contribution in [-0.2, 0) is 6.61 Å². The highest BCUT2D eigenvalue weighted by molar-refractivity contribution is 7.18. The number of aliphatic hydroxyl groups excluding tert-OH is 1. The van der Waals surface area contributed by atoms with E-state index in [1.807, 2.05) is 24.3 Å². The maximum absolute atomic E-state index is 13.9. The summed E-state index contributed by atoms with van der Waals surface area (Å²) < 4.78 is 20.4. The summed E-state index contributed by atoms with van der Waals surface area (Å²) >= 11 is 1.53. The van der Waals surface area contributed by atoms with Crippen molar-refractivity contribution in [3.63, 3.8) is 0 Å². The summed E-state index contributed by atoms with van der Waals surface area (Å²) in [6.45, 7) is 1.82. The van der Waals surface area contributed by atoms with Crippen molar-refractivity contribution in [3.05, 3.63) is 58.9 Å². The average Bonchev–Trinajstić information content (AvgIpc) is 2.88. The van der Waals surface area contributed by atoms with Gasteiger partial charge in [0.25, 0.3) is 0 Å². The first-order chi connectivity index (χ1) is 10.1. The Morgan fingerprint density at radius 2 is 2.10 bits per heavy atom. The van der Waals surface area contributed by atoms with E-state index in [0.717, 1.165) is 15.2 Å². The lowest BCUT2D eigenvalue weighted by atomic mass is 10.1. The fourth-order valence-electron chi connectivity index (χ4n) is 2.02. The second-order valence-corrected chi connectivity index (χ2v) is 5.85. The summed E-state index contributed by atoms with van der Waals surface area (Å²) in [5.41, 5.74) is 1.45. The summed E-state index contributed by atoms with van der Waals surface area (Å²) in [4.78, 5) is 4.43. The van der Waals surface area contributed by atoms with Crippen LogP contribution in [0.5, 0.6) is 5.75 Å². The van der Waals surface area contributed by atoms with Gasteiger partial charge in [-0.05, 0) is 36.8 Å². The highest BCUT2D eigenvalue weighted by Gasteiger charge is 2.09. The van der Waals surface area contributed by atoms with Crippen molar-refractivity contribution < 1.29 is 14.2 Å². The number of halogens is 1. The molecule has 1 N–H and O–H groups in total. The van der Waals surface area contributed by atoms with E-state index in [1.165, 1.54) is 23.5 Å². The average molecular weight is 303 g/mol. The molecular weight excluding hydrogens is 289 g/mol. The molecule has 0 saturated carbocycles. The molecule has 1 heterocycles. The molecule has 3 rings (SSSR count). The lowest BCUT2D eigenvalue weighted by molar-refractivity contribution is 0.198. The number of thiazole rings is 1. The Hall–Kier alpha value is -1.98. The van der Waals surface area contributed by atoms with Gasteiger partial charge < -0.3 is 9.84 Å². The van der Waals surface area contributed by atoms with Gasteiger partial charge in [-0.25, -0.2) is 9.37 Å². The summed E-state index contributed by atoms with van der Waals surface area (Å²) in [5.74, 6) is -0.312. The number of aliphatic hydroxyl groups is 1. The molecule has 0 amide bonds. The predicted molar refractivity (Wildman–Crippen MR) is 81.0 cm³/mol. The standard InChI is InChI=1S/C16H14FNO2S/c1-10(19)11-6-7-14(12(17)8-11)20-9-16-18-13-4-2-3-5-15(13)21-16/h2-8,10,19H,9H2,1H3. The first-order valence-corrected chi connectivity index (χ1v) is 7.40. The fraction of sp³-hybridized carbons (Fsp3) is 0.188. The van der Waals surface area contributed by atoms with Crippen molar-refractivity contribution in [3.8, 4) is 5.75 Å². The Labute approximate surface area is 125 Å². The maximum atomic E-state index is 13.9. The Kier molecular flexibility index (Phi) is 3.86. The molecule has 0 aliphatic rings. The first kappa shape index (κ1) is 14.0. The molecule has 5 heteroatoms. The van der Waals surface area contributed by atoms with Crippen LogP contribution < -0.4 is 4.74 Å². The van der Waals surface area contributed by atoms with Gasteiger partial charge in [0.2, 0.25) is 0 Å². The Morgan fingerprint density at radius 3 is 2.81 bits per heavy atom. The van der Waals surface area contributed by atoms with E-state index in [2.05, 4.69) is 4.98 Å². The van der Waals surface area contributed by atoms with E-state index >= 15 is 0 Å². The highest BCUT2D eigenvalue weighted by Crippen LogP contribution is 2.25. The van der Waals surface area contributed by atoms with Gasteiger partial charge in [0, 0.05) is 0 Å². The molecular formula is C16H14FNO2S. The van der Waals surface area contributed by atoms with Gasteiger partial charge >= 0.3 is 0 Å². The number of aromatic nitrogens is 1. The van der Waals surface area contributed by atoms with Crippen molar-refractivity contribution in [2.75, 3.05) is 0 Å². The zero-order valence-electron chi connectivity index (χ0n) is 11.4. The lowest BCUT2D eigenvalue weighted by Crippen LogP contribution is -1.99. The summed E-state index contributed by atoms with van der Waals surface area (Å²) in [6, 6.07) is 12.3. The van der Waals surface area contributed by atoms with Gasteiger partial charge in [0.05, 0.1) is 16.3 Å². The van der Waals surface area contributed by atoms with Crippen LogP contribution in [0.25, 0.3) is 10.2 Å². The molecule has 3 aromatic rings. The molecule has 3 nitrogen and oxygen atoms in total. The van der Waals surface area contributed by atoms with Crippen molar-refractivity contribution in [2.45, 2.75) is 19.6 Å². The Balaban J connectivity index is 1.75. The third kappa shape index (κ3) is 3.04.